The van der Waals surface area contributed by atoms with Gasteiger partial charge in [0.05, 0.1) is 0 Å². The Morgan fingerprint density at radius 1 is 0.448 bits per heavy atom. The van der Waals surface area contributed by atoms with Gasteiger partial charge in [-0.1, -0.05) is 0 Å². The van der Waals surface area contributed by atoms with Gasteiger partial charge in [0.1, 0.15) is 25.7 Å². The van der Waals surface area contributed by atoms with Gasteiger partial charge >= 0.3 is 53.9 Å². The van der Waals surface area contributed by atoms with Crippen LogP contribution in [-0.2, 0) is 57.3 Å². The number of carboxylic acids is 4. The fourth-order valence-electron chi connectivity index (χ4n) is 1.32. The summed E-state index contributed by atoms with van der Waals surface area (Å²) in [7, 11) is 0. The number of rotatable bonds is 12. The molecule has 0 fully saturated rings. The third-order valence-corrected chi connectivity index (χ3v) is 2.14. The lowest BCUT2D eigenvalue weighted by Crippen LogP contribution is -2.49. The van der Waals surface area contributed by atoms with Gasteiger partial charge in [0.25, 0.3) is 0 Å². The molecule has 0 aliphatic rings. The van der Waals surface area contributed by atoms with E-state index in [2.05, 4.69) is 18.9 Å². The van der Waals surface area contributed by atoms with Crippen molar-refractivity contribution in [2.24, 2.45) is 0 Å². The lowest BCUT2D eigenvalue weighted by molar-refractivity contribution is -0.431. The first-order valence-electron chi connectivity index (χ1n) is 6.99. The minimum atomic E-state index is -3.92. The van der Waals surface area contributed by atoms with Crippen LogP contribution in [0.3, 0.4) is 0 Å². The molecule has 29 heavy (non-hydrogen) atoms. The van der Waals surface area contributed by atoms with Gasteiger partial charge in [-0.15, -0.1) is 0 Å². The standard InChI is InChI=1S/C13H12O16/c14-5(15)1-9(22)26-13(27-10(23)2-6(16)17,28-11(24)3-7(18)19)29-12(25)4-8(20)21/h1-4H2,(H,14,15)(H,16,17)(H,18,19)(H,20,21). The molecule has 0 unspecified atom stereocenters. The summed E-state index contributed by atoms with van der Waals surface area (Å²) >= 11 is 0. The van der Waals surface area contributed by atoms with E-state index in [1.807, 2.05) is 0 Å². The first kappa shape index (κ1) is 24.8. The number of carbonyl (C=O) groups is 8. The zero-order valence-corrected chi connectivity index (χ0v) is 14.0. The second-order valence-electron chi connectivity index (χ2n) is 4.68. The highest BCUT2D eigenvalue weighted by Crippen LogP contribution is 2.22. The first-order chi connectivity index (χ1) is 13.2. The third-order valence-electron chi connectivity index (χ3n) is 2.14. The van der Waals surface area contributed by atoms with E-state index in [9.17, 15) is 38.4 Å². The predicted molar refractivity (Wildman–Crippen MR) is 76.1 cm³/mol. The normalized spacial score (nSPS) is 10.2. The van der Waals surface area contributed by atoms with E-state index in [-0.39, 0.29) is 0 Å². The van der Waals surface area contributed by atoms with Crippen LogP contribution in [0.25, 0.3) is 0 Å². The molecule has 0 aromatic carbocycles. The van der Waals surface area contributed by atoms with Crippen LogP contribution in [0.2, 0.25) is 0 Å². The fraction of sp³-hybridized carbons (Fsp3) is 0.385. The molecule has 0 spiro atoms. The molecule has 16 heteroatoms. The first-order valence-corrected chi connectivity index (χ1v) is 6.99. The average Bonchev–Trinajstić information content (AvgIpc) is 2.41. The molecule has 160 valence electrons. The molecule has 0 amide bonds. The summed E-state index contributed by atoms with van der Waals surface area (Å²) < 4.78 is 16.7. The van der Waals surface area contributed by atoms with Crippen LogP contribution >= 0.6 is 0 Å². The maximum Gasteiger partial charge on any atom is 0.619 e. The van der Waals surface area contributed by atoms with E-state index in [0.717, 1.165) is 0 Å². The largest absolute Gasteiger partial charge is 0.619 e. The van der Waals surface area contributed by atoms with Crippen LogP contribution in [-0.4, -0.2) is 74.3 Å². The topological polar surface area (TPSA) is 254 Å². The Morgan fingerprint density at radius 2 is 0.621 bits per heavy atom. The minimum Gasteiger partial charge on any atom is -0.481 e. The highest BCUT2D eigenvalue weighted by atomic mass is 17.0. The van der Waals surface area contributed by atoms with Crippen molar-refractivity contribution in [2.45, 2.75) is 31.8 Å². The molecule has 0 radical (unpaired) electrons. The van der Waals surface area contributed by atoms with Crippen LogP contribution < -0.4 is 0 Å². The van der Waals surface area contributed by atoms with Crippen molar-refractivity contribution in [1.29, 1.82) is 0 Å². The summed E-state index contributed by atoms with van der Waals surface area (Å²) in [5.41, 5.74) is 0. The molecule has 0 bridgehead atoms. The van der Waals surface area contributed by atoms with E-state index in [4.69, 9.17) is 20.4 Å². The zero-order valence-electron chi connectivity index (χ0n) is 14.0. The van der Waals surface area contributed by atoms with Crippen molar-refractivity contribution in [1.82, 2.24) is 0 Å². The van der Waals surface area contributed by atoms with Crippen LogP contribution in [0, 0.1) is 0 Å². The van der Waals surface area contributed by atoms with Crippen molar-refractivity contribution in [2.75, 3.05) is 0 Å². The third kappa shape index (κ3) is 11.2. The predicted octanol–water partition coefficient (Wildman–Crippen LogP) is -2.33. The zero-order chi connectivity index (χ0) is 22.8. The summed E-state index contributed by atoms with van der Waals surface area (Å²) in [5.74, 6) is -14.8. The summed E-state index contributed by atoms with van der Waals surface area (Å²) in [4.78, 5) is 88.4. The number of ether oxygens (including phenoxy) is 4. The molecule has 0 atom stereocenters. The van der Waals surface area contributed by atoms with Gasteiger partial charge in [-0.25, -0.2) is 0 Å². The molecule has 0 heterocycles. The molecule has 4 N–H and O–H groups in total. The number of carbonyl (C=O) groups excluding carboxylic acids is 4. The van der Waals surface area contributed by atoms with Crippen molar-refractivity contribution >= 4 is 47.8 Å². The van der Waals surface area contributed by atoms with Crippen molar-refractivity contribution < 1.29 is 77.7 Å². The molecule has 0 aromatic heterocycles. The Morgan fingerprint density at radius 3 is 0.759 bits per heavy atom. The van der Waals surface area contributed by atoms with Gasteiger partial charge in [0.15, 0.2) is 0 Å². The average molecular weight is 424 g/mol. The number of hydrogen-bond donors (Lipinski definition) is 4. The SMILES string of the molecule is O=C(O)CC(=O)OC(OC(=O)CC(=O)O)(OC(=O)CC(=O)O)OC(=O)CC(=O)O. The van der Waals surface area contributed by atoms with Gasteiger partial charge in [0.2, 0.25) is 0 Å². The van der Waals surface area contributed by atoms with E-state index in [1.54, 1.807) is 0 Å². The van der Waals surface area contributed by atoms with Crippen LogP contribution in [0.5, 0.6) is 0 Å². The number of aliphatic carboxylic acids is 4. The lowest BCUT2D eigenvalue weighted by Gasteiger charge is -2.28. The van der Waals surface area contributed by atoms with Crippen molar-refractivity contribution in [3.63, 3.8) is 0 Å². The molecule has 0 rings (SSSR count). The van der Waals surface area contributed by atoms with Crippen LogP contribution in [0.15, 0.2) is 0 Å². The quantitative estimate of drug-likeness (QED) is 0.145. The molecule has 0 aromatic rings. The Bertz CT molecular complexity index is 608. The number of esters is 4. The summed E-state index contributed by atoms with van der Waals surface area (Å²) in [6.45, 7) is 0. The summed E-state index contributed by atoms with van der Waals surface area (Å²) in [5, 5.41) is 34.1. The molecule has 0 aliphatic heterocycles. The Kier molecular flexibility index (Phi) is 9.22. The van der Waals surface area contributed by atoms with Crippen LogP contribution in [0.4, 0.5) is 0 Å². The van der Waals surface area contributed by atoms with E-state index in [1.165, 1.54) is 0 Å². The monoisotopic (exact) mass is 424 g/mol. The van der Waals surface area contributed by atoms with Gasteiger partial charge in [-0.3, -0.25) is 38.4 Å². The second-order valence-corrected chi connectivity index (χ2v) is 4.68. The van der Waals surface area contributed by atoms with Crippen LogP contribution in [0.1, 0.15) is 25.7 Å². The fourth-order valence-corrected chi connectivity index (χ4v) is 1.32. The molecule has 16 nitrogen and oxygen atoms in total. The summed E-state index contributed by atoms with van der Waals surface area (Å²) in [6.07, 6.45) is -9.84. The highest BCUT2D eigenvalue weighted by Gasteiger charge is 2.50. The number of carboxylic acid groups (broad SMARTS) is 4. The molecular weight excluding hydrogens is 412 g/mol. The van der Waals surface area contributed by atoms with Gasteiger partial charge < -0.3 is 39.4 Å². The van der Waals surface area contributed by atoms with Crippen molar-refractivity contribution in [3.8, 4) is 0 Å². The van der Waals surface area contributed by atoms with Gasteiger partial charge in [0, 0.05) is 0 Å². The molecule has 0 saturated carbocycles. The Hall–Kier alpha value is -4.24. The second kappa shape index (κ2) is 10.8. The highest BCUT2D eigenvalue weighted by molar-refractivity contribution is 5.93. The lowest BCUT2D eigenvalue weighted by atomic mass is 10.4. The Balaban J connectivity index is 5.96. The maximum atomic E-state index is 11.6. The molecule has 0 saturated heterocycles. The van der Waals surface area contributed by atoms with E-state index >= 15 is 0 Å². The number of hydrogen-bond acceptors (Lipinski definition) is 12. The molecular formula is C13H12O16. The minimum absolute atomic E-state index is 1.48. The van der Waals surface area contributed by atoms with Crippen molar-refractivity contribution in [3.05, 3.63) is 0 Å². The Labute approximate surface area is 158 Å². The summed E-state index contributed by atoms with van der Waals surface area (Å²) in [6, 6.07) is 0. The molecule has 0 aliphatic carbocycles. The van der Waals surface area contributed by atoms with Gasteiger partial charge in [-0.05, 0) is 0 Å². The smallest absolute Gasteiger partial charge is 0.481 e. The van der Waals surface area contributed by atoms with E-state index in [0.29, 0.717) is 0 Å². The van der Waals surface area contributed by atoms with E-state index < -0.39 is 79.6 Å². The maximum absolute atomic E-state index is 11.6. The van der Waals surface area contributed by atoms with Gasteiger partial charge in [-0.2, -0.15) is 0 Å².